The van der Waals surface area contributed by atoms with Crippen LogP contribution in [0.15, 0.2) is 40.9 Å². The number of β-amino-alcohol motifs (C(OH)–C–C–N with tert-alkyl or cyclic N) is 1. The molecule has 142 valence electrons. The van der Waals surface area contributed by atoms with Crippen LogP contribution in [0, 0.1) is 26.7 Å². The molecule has 27 heavy (non-hydrogen) atoms. The van der Waals surface area contributed by atoms with E-state index in [4.69, 9.17) is 9.62 Å². The molecule has 1 fully saturated rings. The average Bonchev–Trinajstić information content (AvgIpc) is 3.30. The van der Waals surface area contributed by atoms with Crippen molar-refractivity contribution in [2.45, 2.75) is 39.8 Å². The fraction of sp³-hybridized carbons (Fsp3) is 0.429. The van der Waals surface area contributed by atoms with Crippen LogP contribution in [0.2, 0.25) is 0 Å². The number of aliphatic hydroxyl groups excluding tert-OH is 1. The van der Waals surface area contributed by atoms with Crippen molar-refractivity contribution in [2.75, 3.05) is 13.1 Å². The summed E-state index contributed by atoms with van der Waals surface area (Å²) in [7, 11) is 0. The number of para-hydroxylation sites is 1. The quantitative estimate of drug-likeness (QED) is 0.752. The van der Waals surface area contributed by atoms with Crippen LogP contribution in [0.5, 0.6) is 0 Å². The van der Waals surface area contributed by atoms with E-state index >= 15 is 0 Å². The second kappa shape index (κ2) is 7.29. The molecule has 0 saturated carbocycles. The number of aryl methyl sites for hydroxylation is 2. The fourth-order valence-electron chi connectivity index (χ4n) is 3.99. The topological polar surface area (TPSA) is 67.3 Å². The van der Waals surface area contributed by atoms with Crippen LogP contribution in [0.1, 0.15) is 28.4 Å². The summed E-state index contributed by atoms with van der Waals surface area (Å²) in [5.74, 6) is 1.02. The SMILES string of the molecule is Cc1cc(C[C@@H]2CN(Cc3c(C)nn(-c4ccccc4)c3C)C[C@@H]2O)on1. The molecule has 1 aliphatic rings. The van der Waals surface area contributed by atoms with E-state index in [-0.39, 0.29) is 12.0 Å². The van der Waals surface area contributed by atoms with E-state index in [0.29, 0.717) is 6.54 Å². The van der Waals surface area contributed by atoms with Crippen molar-refractivity contribution in [3.63, 3.8) is 0 Å². The molecule has 3 heterocycles. The van der Waals surface area contributed by atoms with E-state index < -0.39 is 0 Å². The Morgan fingerprint density at radius 2 is 1.93 bits per heavy atom. The van der Waals surface area contributed by atoms with Gasteiger partial charge in [0.2, 0.25) is 0 Å². The number of aliphatic hydroxyl groups is 1. The molecule has 0 unspecified atom stereocenters. The monoisotopic (exact) mass is 366 g/mol. The largest absolute Gasteiger partial charge is 0.391 e. The third-order valence-corrected chi connectivity index (χ3v) is 5.45. The number of hydrogen-bond donors (Lipinski definition) is 1. The van der Waals surface area contributed by atoms with Crippen LogP contribution in [0.25, 0.3) is 5.69 Å². The molecule has 3 aromatic rings. The molecule has 2 atom stereocenters. The van der Waals surface area contributed by atoms with Crippen LogP contribution in [0.4, 0.5) is 0 Å². The van der Waals surface area contributed by atoms with Crippen molar-refractivity contribution in [3.05, 3.63) is 64.8 Å². The zero-order valence-corrected chi connectivity index (χ0v) is 16.1. The van der Waals surface area contributed by atoms with E-state index in [9.17, 15) is 5.11 Å². The van der Waals surface area contributed by atoms with E-state index in [1.165, 1.54) is 5.56 Å². The Hall–Kier alpha value is -2.44. The minimum absolute atomic E-state index is 0.169. The lowest BCUT2D eigenvalue weighted by Gasteiger charge is -2.16. The molecule has 0 aliphatic carbocycles. The molecule has 0 amide bonds. The van der Waals surface area contributed by atoms with Gasteiger partial charge in [-0.1, -0.05) is 23.4 Å². The number of nitrogens with zero attached hydrogens (tertiary/aromatic N) is 4. The predicted octanol–water partition coefficient (Wildman–Crippen LogP) is 2.82. The first-order valence-electron chi connectivity index (χ1n) is 9.44. The van der Waals surface area contributed by atoms with E-state index in [0.717, 1.165) is 48.0 Å². The molecule has 6 heteroatoms. The van der Waals surface area contributed by atoms with Gasteiger partial charge in [0.05, 0.1) is 23.2 Å². The predicted molar refractivity (Wildman–Crippen MR) is 103 cm³/mol. The number of likely N-dealkylation sites (tertiary alicyclic amines) is 1. The lowest BCUT2D eigenvalue weighted by atomic mass is 10.0. The molecule has 1 aliphatic heterocycles. The summed E-state index contributed by atoms with van der Waals surface area (Å²) in [5.41, 5.74) is 5.39. The maximum absolute atomic E-state index is 10.5. The molecule has 0 spiro atoms. The standard InChI is InChI=1S/C21H26N4O2/c1-14-9-19(27-23-14)10-17-11-24(13-21(17)26)12-20-15(2)22-25(16(20)3)18-7-5-4-6-8-18/h4-9,17,21,26H,10-13H2,1-3H3/t17-,21+/m1/s1. The van der Waals surface area contributed by atoms with Crippen molar-refractivity contribution in [3.8, 4) is 5.69 Å². The Kier molecular flexibility index (Phi) is 4.85. The van der Waals surface area contributed by atoms with Crippen molar-refractivity contribution in [2.24, 2.45) is 5.92 Å². The Morgan fingerprint density at radius 3 is 2.63 bits per heavy atom. The normalized spacial score (nSPS) is 20.4. The van der Waals surface area contributed by atoms with E-state index in [1.807, 2.05) is 35.9 Å². The highest BCUT2D eigenvalue weighted by Crippen LogP contribution is 2.26. The van der Waals surface area contributed by atoms with Gasteiger partial charge < -0.3 is 9.63 Å². The molecule has 1 aromatic carbocycles. The molecular weight excluding hydrogens is 340 g/mol. The van der Waals surface area contributed by atoms with Gasteiger partial charge in [-0.15, -0.1) is 0 Å². The summed E-state index contributed by atoms with van der Waals surface area (Å²) in [6.45, 7) is 8.41. The number of hydrogen-bond acceptors (Lipinski definition) is 5. The lowest BCUT2D eigenvalue weighted by molar-refractivity contribution is 0.137. The Bertz CT molecular complexity index is 916. The first-order chi connectivity index (χ1) is 13.0. The van der Waals surface area contributed by atoms with Crippen LogP contribution in [-0.4, -0.2) is 44.1 Å². The highest BCUT2D eigenvalue weighted by molar-refractivity contribution is 5.37. The summed E-state index contributed by atoms with van der Waals surface area (Å²) in [6.07, 6.45) is 0.375. The summed E-state index contributed by atoms with van der Waals surface area (Å²) in [5, 5.41) is 19.2. The van der Waals surface area contributed by atoms with Gasteiger partial charge >= 0.3 is 0 Å². The second-order valence-corrected chi connectivity index (χ2v) is 7.56. The summed E-state index contributed by atoms with van der Waals surface area (Å²) in [4.78, 5) is 2.31. The molecule has 4 rings (SSSR count). The van der Waals surface area contributed by atoms with Crippen molar-refractivity contribution in [1.82, 2.24) is 19.8 Å². The minimum Gasteiger partial charge on any atom is -0.391 e. The molecule has 0 radical (unpaired) electrons. The van der Waals surface area contributed by atoms with Crippen LogP contribution in [0.3, 0.4) is 0 Å². The van der Waals surface area contributed by atoms with Gasteiger partial charge in [0.15, 0.2) is 0 Å². The first-order valence-corrected chi connectivity index (χ1v) is 9.44. The van der Waals surface area contributed by atoms with E-state index in [2.05, 4.69) is 36.0 Å². The number of aromatic nitrogens is 3. The Morgan fingerprint density at radius 1 is 1.15 bits per heavy atom. The Labute approximate surface area is 159 Å². The van der Waals surface area contributed by atoms with Gasteiger partial charge in [0.25, 0.3) is 0 Å². The molecule has 2 aromatic heterocycles. The second-order valence-electron chi connectivity index (χ2n) is 7.56. The third-order valence-electron chi connectivity index (χ3n) is 5.45. The average molecular weight is 366 g/mol. The fourth-order valence-corrected chi connectivity index (χ4v) is 3.99. The van der Waals surface area contributed by atoms with Crippen LogP contribution in [-0.2, 0) is 13.0 Å². The molecule has 0 bridgehead atoms. The highest BCUT2D eigenvalue weighted by Gasteiger charge is 2.33. The van der Waals surface area contributed by atoms with Crippen LogP contribution < -0.4 is 0 Å². The number of benzene rings is 1. The van der Waals surface area contributed by atoms with Gasteiger partial charge in [-0.3, -0.25) is 4.90 Å². The van der Waals surface area contributed by atoms with Crippen LogP contribution >= 0.6 is 0 Å². The van der Waals surface area contributed by atoms with Gasteiger partial charge in [-0.05, 0) is 32.9 Å². The smallest absolute Gasteiger partial charge is 0.137 e. The maximum atomic E-state index is 10.5. The van der Waals surface area contributed by atoms with E-state index in [1.54, 1.807) is 0 Å². The van der Waals surface area contributed by atoms with Crippen molar-refractivity contribution in [1.29, 1.82) is 0 Å². The van der Waals surface area contributed by atoms with Gasteiger partial charge in [-0.25, -0.2) is 4.68 Å². The van der Waals surface area contributed by atoms with Crippen molar-refractivity contribution < 1.29 is 9.63 Å². The number of rotatable bonds is 5. The van der Waals surface area contributed by atoms with Gasteiger partial charge in [0.1, 0.15) is 5.76 Å². The summed E-state index contributed by atoms with van der Waals surface area (Å²) < 4.78 is 7.33. The zero-order chi connectivity index (χ0) is 19.0. The summed E-state index contributed by atoms with van der Waals surface area (Å²) >= 11 is 0. The molecule has 6 nitrogen and oxygen atoms in total. The summed E-state index contributed by atoms with van der Waals surface area (Å²) in [6, 6.07) is 12.2. The van der Waals surface area contributed by atoms with Gasteiger partial charge in [-0.2, -0.15) is 5.10 Å². The Balaban J connectivity index is 1.47. The molecule has 1 saturated heterocycles. The van der Waals surface area contributed by atoms with Gasteiger partial charge in [0, 0.05) is 49.3 Å². The maximum Gasteiger partial charge on any atom is 0.137 e. The molecule has 1 N–H and O–H groups in total. The molecular formula is C21H26N4O2. The third kappa shape index (κ3) is 3.68. The van der Waals surface area contributed by atoms with Crippen molar-refractivity contribution >= 4 is 0 Å². The lowest BCUT2D eigenvalue weighted by Crippen LogP contribution is -2.22. The first kappa shape index (κ1) is 17.9. The zero-order valence-electron chi connectivity index (χ0n) is 16.1. The minimum atomic E-state index is -0.347. The highest BCUT2D eigenvalue weighted by atomic mass is 16.5.